The fraction of sp³-hybridized carbons (Fsp3) is 0.909. The molecule has 19 heavy (non-hydrogen) atoms. The van der Waals surface area contributed by atoms with Gasteiger partial charge in [-0.3, -0.25) is 9.69 Å². The molecular formula is C11H21ClF3N3O. The standard InChI is InChI=1S/C11H20F3N3O.ClH/c1-10(6-15)3-4-17(7-10)5-9(18)16(2)8-11(12,13)14;/h3-8,15H2,1-2H3;1H. The minimum Gasteiger partial charge on any atom is -0.336 e. The molecule has 1 unspecified atom stereocenters. The first-order chi connectivity index (χ1) is 8.15. The third-order valence-electron chi connectivity index (χ3n) is 3.33. The predicted molar refractivity (Wildman–Crippen MR) is 69.2 cm³/mol. The van der Waals surface area contributed by atoms with Crippen LogP contribution in [-0.4, -0.2) is 61.7 Å². The van der Waals surface area contributed by atoms with E-state index in [9.17, 15) is 18.0 Å². The maximum Gasteiger partial charge on any atom is 0.406 e. The van der Waals surface area contributed by atoms with Crippen LogP contribution in [0.1, 0.15) is 13.3 Å². The SMILES string of the molecule is CN(CC(F)(F)F)C(=O)CN1CCC(C)(CN)C1.Cl. The maximum absolute atomic E-state index is 12.1. The van der Waals surface area contributed by atoms with Crippen LogP contribution in [0.2, 0.25) is 0 Å². The third-order valence-corrected chi connectivity index (χ3v) is 3.33. The highest BCUT2D eigenvalue weighted by Gasteiger charge is 2.35. The summed E-state index contributed by atoms with van der Waals surface area (Å²) in [4.78, 5) is 14.2. The van der Waals surface area contributed by atoms with Gasteiger partial charge in [0.05, 0.1) is 6.54 Å². The number of carbonyl (C=O) groups is 1. The smallest absolute Gasteiger partial charge is 0.336 e. The lowest BCUT2D eigenvalue weighted by Crippen LogP contribution is -2.42. The van der Waals surface area contributed by atoms with Gasteiger partial charge in [-0.2, -0.15) is 13.2 Å². The van der Waals surface area contributed by atoms with Crippen LogP contribution < -0.4 is 5.73 Å². The fourth-order valence-electron chi connectivity index (χ4n) is 2.10. The summed E-state index contributed by atoms with van der Waals surface area (Å²) in [5.74, 6) is -0.506. The predicted octanol–water partition coefficient (Wildman–Crippen LogP) is 1.10. The van der Waals surface area contributed by atoms with E-state index in [4.69, 9.17) is 5.73 Å². The summed E-state index contributed by atoms with van der Waals surface area (Å²) < 4.78 is 36.4. The van der Waals surface area contributed by atoms with Crippen molar-refractivity contribution in [3.8, 4) is 0 Å². The summed E-state index contributed by atoms with van der Waals surface area (Å²) in [6.07, 6.45) is -3.47. The van der Waals surface area contributed by atoms with Crippen LogP contribution in [0.5, 0.6) is 0 Å². The summed E-state index contributed by atoms with van der Waals surface area (Å²) >= 11 is 0. The van der Waals surface area contributed by atoms with Gasteiger partial charge in [-0.15, -0.1) is 12.4 Å². The molecular weight excluding hydrogens is 283 g/mol. The highest BCUT2D eigenvalue weighted by Crippen LogP contribution is 2.28. The Hall–Kier alpha value is -0.530. The van der Waals surface area contributed by atoms with Crippen molar-refractivity contribution in [3.63, 3.8) is 0 Å². The highest BCUT2D eigenvalue weighted by atomic mass is 35.5. The molecule has 1 heterocycles. The Bertz CT molecular complexity index is 314. The molecule has 4 nitrogen and oxygen atoms in total. The van der Waals surface area contributed by atoms with Crippen molar-refractivity contribution in [2.24, 2.45) is 11.1 Å². The van der Waals surface area contributed by atoms with Crippen molar-refractivity contribution >= 4 is 18.3 Å². The molecule has 0 spiro atoms. The fourth-order valence-corrected chi connectivity index (χ4v) is 2.10. The zero-order valence-corrected chi connectivity index (χ0v) is 12.0. The molecule has 8 heteroatoms. The summed E-state index contributed by atoms with van der Waals surface area (Å²) in [6, 6.07) is 0. The van der Waals surface area contributed by atoms with Gasteiger partial charge in [0, 0.05) is 13.6 Å². The molecule has 2 N–H and O–H groups in total. The van der Waals surface area contributed by atoms with Crippen LogP contribution in [0.4, 0.5) is 13.2 Å². The molecule has 1 fully saturated rings. The van der Waals surface area contributed by atoms with E-state index in [0.717, 1.165) is 11.3 Å². The van der Waals surface area contributed by atoms with E-state index < -0.39 is 18.6 Å². The summed E-state index contributed by atoms with van der Waals surface area (Å²) in [5, 5.41) is 0. The van der Waals surface area contributed by atoms with Crippen molar-refractivity contribution in [2.45, 2.75) is 19.5 Å². The van der Waals surface area contributed by atoms with Crippen LogP contribution in [-0.2, 0) is 4.79 Å². The number of carbonyl (C=O) groups excluding carboxylic acids is 1. The Labute approximate surface area is 117 Å². The first kappa shape index (κ1) is 18.5. The second-order valence-corrected chi connectivity index (χ2v) is 5.34. The van der Waals surface area contributed by atoms with Gasteiger partial charge in [0.1, 0.15) is 6.54 Å². The number of amides is 1. The van der Waals surface area contributed by atoms with Gasteiger partial charge in [-0.05, 0) is 24.9 Å². The largest absolute Gasteiger partial charge is 0.406 e. The van der Waals surface area contributed by atoms with Crippen LogP contribution in [0.15, 0.2) is 0 Å². The van der Waals surface area contributed by atoms with Gasteiger partial charge >= 0.3 is 6.18 Å². The molecule has 0 aromatic carbocycles. The van der Waals surface area contributed by atoms with E-state index in [1.165, 1.54) is 7.05 Å². The molecule has 0 saturated carbocycles. The van der Waals surface area contributed by atoms with Gasteiger partial charge in [-0.25, -0.2) is 0 Å². The van der Waals surface area contributed by atoms with Gasteiger partial charge < -0.3 is 10.6 Å². The van der Waals surface area contributed by atoms with Gasteiger partial charge in [0.15, 0.2) is 0 Å². The van der Waals surface area contributed by atoms with Crippen molar-refractivity contribution in [3.05, 3.63) is 0 Å². The highest BCUT2D eigenvalue weighted by molar-refractivity contribution is 5.85. The molecule has 114 valence electrons. The summed E-state index contributed by atoms with van der Waals surface area (Å²) in [7, 11) is 1.17. The monoisotopic (exact) mass is 303 g/mol. The Morgan fingerprint density at radius 1 is 1.47 bits per heavy atom. The number of likely N-dealkylation sites (tertiary alicyclic amines) is 1. The normalized spacial score (nSPS) is 24.1. The van der Waals surface area contributed by atoms with E-state index in [1.807, 2.05) is 11.8 Å². The average Bonchev–Trinajstić information content (AvgIpc) is 2.58. The molecule has 1 saturated heterocycles. The van der Waals surface area contributed by atoms with Crippen LogP contribution in [0.3, 0.4) is 0 Å². The number of hydrogen-bond donors (Lipinski definition) is 1. The number of hydrogen-bond acceptors (Lipinski definition) is 3. The number of rotatable bonds is 4. The number of alkyl halides is 3. The number of nitrogens with two attached hydrogens (primary N) is 1. The number of nitrogens with zero attached hydrogens (tertiary/aromatic N) is 2. The first-order valence-corrected chi connectivity index (χ1v) is 5.88. The summed E-state index contributed by atoms with van der Waals surface area (Å²) in [5.41, 5.74) is 5.61. The lowest BCUT2D eigenvalue weighted by molar-refractivity contribution is -0.158. The lowest BCUT2D eigenvalue weighted by atomic mass is 9.90. The third kappa shape index (κ3) is 5.97. The van der Waals surface area contributed by atoms with Crippen molar-refractivity contribution < 1.29 is 18.0 Å². The molecule has 1 aliphatic heterocycles. The Morgan fingerprint density at radius 3 is 2.47 bits per heavy atom. The van der Waals surface area contributed by atoms with E-state index in [0.29, 0.717) is 19.6 Å². The van der Waals surface area contributed by atoms with E-state index in [2.05, 4.69) is 0 Å². The number of halogens is 4. The Kier molecular flexibility index (Phi) is 6.57. The van der Waals surface area contributed by atoms with Gasteiger partial charge in [0.2, 0.25) is 5.91 Å². The minimum atomic E-state index is -4.35. The van der Waals surface area contributed by atoms with Crippen molar-refractivity contribution in [1.29, 1.82) is 0 Å². The topological polar surface area (TPSA) is 49.6 Å². The van der Waals surface area contributed by atoms with Crippen LogP contribution in [0.25, 0.3) is 0 Å². The van der Waals surface area contributed by atoms with E-state index in [-0.39, 0.29) is 24.4 Å². The molecule has 1 atom stereocenters. The van der Waals surface area contributed by atoms with E-state index in [1.54, 1.807) is 0 Å². The Morgan fingerprint density at radius 2 is 2.05 bits per heavy atom. The molecule has 1 amide bonds. The minimum absolute atomic E-state index is 0. The van der Waals surface area contributed by atoms with Crippen molar-refractivity contribution in [1.82, 2.24) is 9.80 Å². The molecule has 0 aliphatic carbocycles. The Balaban J connectivity index is 0.00000324. The quantitative estimate of drug-likeness (QED) is 0.846. The number of likely N-dealkylation sites (N-methyl/N-ethyl adjacent to an activating group) is 1. The molecule has 0 aromatic heterocycles. The molecule has 1 rings (SSSR count). The molecule has 0 aromatic rings. The molecule has 0 bridgehead atoms. The lowest BCUT2D eigenvalue weighted by Gasteiger charge is -2.24. The second kappa shape index (κ2) is 6.76. The molecule has 1 aliphatic rings. The van der Waals surface area contributed by atoms with Crippen LogP contribution in [0, 0.1) is 5.41 Å². The maximum atomic E-state index is 12.1. The van der Waals surface area contributed by atoms with E-state index >= 15 is 0 Å². The van der Waals surface area contributed by atoms with Crippen LogP contribution >= 0.6 is 12.4 Å². The van der Waals surface area contributed by atoms with Gasteiger partial charge in [0.25, 0.3) is 0 Å². The summed E-state index contributed by atoms with van der Waals surface area (Å²) in [6.45, 7) is 2.75. The second-order valence-electron chi connectivity index (χ2n) is 5.34. The van der Waals surface area contributed by atoms with Gasteiger partial charge in [-0.1, -0.05) is 6.92 Å². The first-order valence-electron chi connectivity index (χ1n) is 5.88. The average molecular weight is 304 g/mol. The zero-order valence-electron chi connectivity index (χ0n) is 11.2. The zero-order chi connectivity index (χ0) is 14.0. The van der Waals surface area contributed by atoms with Crippen molar-refractivity contribution in [2.75, 3.05) is 39.8 Å². The molecule has 0 radical (unpaired) electrons.